The second-order valence-electron chi connectivity index (χ2n) is 5.92. The topological polar surface area (TPSA) is 41.9 Å². The molecule has 1 atom stereocenters. The van der Waals surface area contributed by atoms with Crippen LogP contribution >= 0.6 is 0 Å². The summed E-state index contributed by atoms with van der Waals surface area (Å²) in [5.41, 5.74) is 2.32. The van der Waals surface area contributed by atoms with Crippen LogP contribution in [0.15, 0.2) is 54.6 Å². The largest absolute Gasteiger partial charge is 0.497 e. The van der Waals surface area contributed by atoms with Gasteiger partial charge in [-0.15, -0.1) is 0 Å². The van der Waals surface area contributed by atoms with Crippen LogP contribution in [-0.4, -0.2) is 50.0 Å². The summed E-state index contributed by atoms with van der Waals surface area (Å²) >= 11 is 0. The van der Waals surface area contributed by atoms with Crippen LogP contribution in [-0.2, 0) is 17.7 Å². The van der Waals surface area contributed by atoms with E-state index in [1.54, 1.807) is 14.2 Å². The number of benzene rings is 2. The van der Waals surface area contributed by atoms with Crippen molar-refractivity contribution in [3.63, 3.8) is 0 Å². The minimum absolute atomic E-state index is 0.408. The fourth-order valence-electron chi connectivity index (χ4n) is 2.73. The van der Waals surface area contributed by atoms with Gasteiger partial charge >= 0.3 is 0 Å². The zero-order valence-electron chi connectivity index (χ0n) is 14.5. The van der Waals surface area contributed by atoms with Crippen molar-refractivity contribution in [2.24, 2.45) is 0 Å². The summed E-state index contributed by atoms with van der Waals surface area (Å²) in [5, 5.41) is 10.4. The first-order valence-electron chi connectivity index (χ1n) is 8.27. The average molecular weight is 329 g/mol. The lowest BCUT2D eigenvalue weighted by molar-refractivity contribution is 0.0851. The molecule has 0 aliphatic heterocycles. The molecule has 4 heteroatoms. The molecule has 4 nitrogen and oxygen atoms in total. The van der Waals surface area contributed by atoms with Crippen LogP contribution in [0.1, 0.15) is 11.1 Å². The molecule has 0 saturated carbocycles. The monoisotopic (exact) mass is 329 g/mol. The van der Waals surface area contributed by atoms with Crippen LogP contribution in [0.2, 0.25) is 0 Å². The third-order valence-corrected chi connectivity index (χ3v) is 3.94. The van der Waals surface area contributed by atoms with Gasteiger partial charge < -0.3 is 14.6 Å². The molecular formula is C20H27NO3. The summed E-state index contributed by atoms with van der Waals surface area (Å²) in [6.07, 6.45) is 0.248. The van der Waals surface area contributed by atoms with E-state index in [9.17, 15) is 5.11 Å². The molecule has 24 heavy (non-hydrogen) atoms. The maximum atomic E-state index is 10.4. The second kappa shape index (κ2) is 10.1. The number of nitrogens with zero attached hydrogens (tertiary/aromatic N) is 1. The quantitative estimate of drug-likeness (QED) is 0.728. The van der Waals surface area contributed by atoms with Gasteiger partial charge in [0.1, 0.15) is 5.75 Å². The predicted molar refractivity (Wildman–Crippen MR) is 96.3 cm³/mol. The number of ether oxygens (including phenoxy) is 2. The van der Waals surface area contributed by atoms with Gasteiger partial charge in [0.2, 0.25) is 0 Å². The molecule has 0 bridgehead atoms. The molecule has 0 aromatic heterocycles. The maximum Gasteiger partial charge on any atom is 0.119 e. The van der Waals surface area contributed by atoms with E-state index in [2.05, 4.69) is 11.0 Å². The molecule has 0 fully saturated rings. The Hall–Kier alpha value is -1.88. The van der Waals surface area contributed by atoms with Crippen molar-refractivity contribution in [2.45, 2.75) is 19.1 Å². The van der Waals surface area contributed by atoms with Gasteiger partial charge in [-0.3, -0.25) is 4.90 Å². The van der Waals surface area contributed by atoms with Gasteiger partial charge in [0.05, 0.1) is 19.8 Å². The van der Waals surface area contributed by atoms with Gasteiger partial charge in [0.15, 0.2) is 0 Å². The predicted octanol–water partition coefficient (Wildman–Crippen LogP) is 2.75. The number of methoxy groups -OCH3 is 2. The van der Waals surface area contributed by atoms with Crippen molar-refractivity contribution in [1.29, 1.82) is 0 Å². The van der Waals surface area contributed by atoms with Crippen LogP contribution in [0.3, 0.4) is 0 Å². The zero-order chi connectivity index (χ0) is 17.2. The highest BCUT2D eigenvalue weighted by Crippen LogP contribution is 2.15. The van der Waals surface area contributed by atoms with Crippen LogP contribution in [0.25, 0.3) is 0 Å². The Labute approximate surface area is 144 Å². The minimum Gasteiger partial charge on any atom is -0.497 e. The summed E-state index contributed by atoms with van der Waals surface area (Å²) in [7, 11) is 3.37. The van der Waals surface area contributed by atoms with Crippen molar-refractivity contribution in [3.8, 4) is 5.75 Å². The van der Waals surface area contributed by atoms with Crippen molar-refractivity contribution in [1.82, 2.24) is 4.90 Å². The molecule has 1 N–H and O–H groups in total. The van der Waals surface area contributed by atoms with Crippen molar-refractivity contribution in [3.05, 3.63) is 65.7 Å². The highest BCUT2D eigenvalue weighted by atomic mass is 16.5. The minimum atomic E-state index is -0.408. The summed E-state index contributed by atoms with van der Waals surface area (Å²) < 4.78 is 10.5. The number of rotatable bonds is 10. The van der Waals surface area contributed by atoms with Crippen molar-refractivity contribution in [2.75, 3.05) is 33.9 Å². The van der Waals surface area contributed by atoms with Crippen molar-refractivity contribution < 1.29 is 14.6 Å². The Balaban J connectivity index is 1.96. The van der Waals surface area contributed by atoms with Gasteiger partial charge in [-0.2, -0.15) is 0 Å². The van der Waals surface area contributed by atoms with Crippen LogP contribution < -0.4 is 4.74 Å². The molecule has 0 radical (unpaired) electrons. The molecule has 0 spiro atoms. The van der Waals surface area contributed by atoms with E-state index in [-0.39, 0.29) is 0 Å². The first-order valence-corrected chi connectivity index (χ1v) is 8.27. The van der Waals surface area contributed by atoms with E-state index in [0.29, 0.717) is 19.6 Å². The SMILES string of the molecule is COCCN(Cc1cccc(OC)c1)CC(O)Cc1ccccc1. The summed E-state index contributed by atoms with van der Waals surface area (Å²) in [5.74, 6) is 0.851. The van der Waals surface area contributed by atoms with Gasteiger partial charge in [0.25, 0.3) is 0 Å². The lowest BCUT2D eigenvalue weighted by Crippen LogP contribution is -2.35. The molecule has 0 heterocycles. The summed E-state index contributed by atoms with van der Waals surface area (Å²) in [4.78, 5) is 2.21. The molecule has 0 aliphatic rings. The number of hydrogen-bond donors (Lipinski definition) is 1. The molecule has 2 rings (SSSR count). The van der Waals surface area contributed by atoms with Crippen LogP contribution in [0.4, 0.5) is 0 Å². The Morgan fingerprint density at radius 3 is 2.46 bits per heavy atom. The summed E-state index contributed by atoms with van der Waals surface area (Å²) in [6, 6.07) is 18.1. The first kappa shape index (κ1) is 18.5. The van der Waals surface area contributed by atoms with Gasteiger partial charge in [-0.25, -0.2) is 0 Å². The van der Waals surface area contributed by atoms with E-state index in [0.717, 1.165) is 30.0 Å². The lowest BCUT2D eigenvalue weighted by Gasteiger charge is -2.25. The molecule has 0 aliphatic carbocycles. The van der Waals surface area contributed by atoms with Crippen LogP contribution in [0.5, 0.6) is 5.75 Å². The van der Waals surface area contributed by atoms with E-state index in [1.807, 2.05) is 48.5 Å². The smallest absolute Gasteiger partial charge is 0.119 e. The lowest BCUT2D eigenvalue weighted by atomic mass is 10.1. The Kier molecular flexibility index (Phi) is 7.75. The van der Waals surface area contributed by atoms with E-state index >= 15 is 0 Å². The molecule has 2 aromatic carbocycles. The molecule has 1 unspecified atom stereocenters. The third kappa shape index (κ3) is 6.32. The van der Waals surface area contributed by atoms with E-state index in [4.69, 9.17) is 9.47 Å². The fourth-order valence-corrected chi connectivity index (χ4v) is 2.73. The normalized spacial score (nSPS) is 12.3. The number of aliphatic hydroxyl groups excluding tert-OH is 1. The highest BCUT2D eigenvalue weighted by molar-refractivity contribution is 5.28. The highest BCUT2D eigenvalue weighted by Gasteiger charge is 2.13. The summed E-state index contributed by atoms with van der Waals surface area (Å²) in [6.45, 7) is 2.78. The zero-order valence-corrected chi connectivity index (χ0v) is 14.5. The maximum absolute atomic E-state index is 10.4. The van der Waals surface area contributed by atoms with E-state index < -0.39 is 6.10 Å². The van der Waals surface area contributed by atoms with Gasteiger partial charge in [-0.05, 0) is 29.7 Å². The fraction of sp³-hybridized carbons (Fsp3) is 0.400. The third-order valence-electron chi connectivity index (χ3n) is 3.94. The van der Waals surface area contributed by atoms with Crippen molar-refractivity contribution >= 4 is 0 Å². The Bertz CT molecular complexity index is 588. The molecule has 2 aromatic rings. The number of aliphatic hydroxyl groups is 1. The second-order valence-corrected chi connectivity index (χ2v) is 5.92. The van der Waals surface area contributed by atoms with E-state index in [1.165, 1.54) is 0 Å². The van der Waals surface area contributed by atoms with Gasteiger partial charge in [0, 0.05) is 26.7 Å². The molecule has 0 amide bonds. The molecule has 0 saturated heterocycles. The Morgan fingerprint density at radius 2 is 1.75 bits per heavy atom. The number of hydrogen-bond acceptors (Lipinski definition) is 4. The Morgan fingerprint density at radius 1 is 1.00 bits per heavy atom. The standard InChI is InChI=1S/C20H27NO3/c1-23-12-11-21(15-18-9-6-10-20(14-18)24-2)16-19(22)13-17-7-4-3-5-8-17/h3-10,14,19,22H,11-13,15-16H2,1-2H3. The molecular weight excluding hydrogens is 302 g/mol. The average Bonchev–Trinajstić information content (AvgIpc) is 2.60. The van der Waals surface area contributed by atoms with Gasteiger partial charge in [-0.1, -0.05) is 42.5 Å². The first-order chi connectivity index (χ1) is 11.7. The molecule has 130 valence electrons. The van der Waals surface area contributed by atoms with Crippen LogP contribution in [0, 0.1) is 0 Å².